The lowest BCUT2D eigenvalue weighted by Crippen LogP contribution is -2.49. The number of ether oxygens (including phenoxy) is 2. The molecule has 5 rings (SSSR count). The van der Waals surface area contributed by atoms with Crippen LogP contribution in [0.15, 0.2) is 42.9 Å². The molecule has 2 atom stereocenters. The maximum Gasteiger partial charge on any atom is 0.294 e. The molecule has 1 amide bonds. The third-order valence-corrected chi connectivity index (χ3v) is 6.87. The summed E-state index contributed by atoms with van der Waals surface area (Å²) < 4.78 is 40.5. The van der Waals surface area contributed by atoms with Gasteiger partial charge < -0.3 is 29.4 Å². The number of aliphatic hydroxyl groups excluding tert-OH is 1. The number of carbonyl (C=O) groups is 2. The number of likely N-dealkylation sites (tertiary alicyclic amines) is 1. The van der Waals surface area contributed by atoms with Crippen molar-refractivity contribution in [2.75, 3.05) is 32.8 Å². The van der Waals surface area contributed by atoms with Gasteiger partial charge in [-0.25, -0.2) is 13.8 Å². The van der Waals surface area contributed by atoms with Crippen molar-refractivity contribution in [1.82, 2.24) is 19.8 Å². The fourth-order valence-corrected chi connectivity index (χ4v) is 4.85. The van der Waals surface area contributed by atoms with Crippen LogP contribution in [0.3, 0.4) is 0 Å². The zero-order valence-corrected chi connectivity index (χ0v) is 20.8. The SMILES string of the molecule is Cc1c([C@@H](O)[C@@H](CN2CCCC2)NC(=O)C(=O)c2cn(-c3ccc(F)cc3)cn2)cc(F)c2c1OCCO2. The maximum absolute atomic E-state index is 14.8. The summed E-state index contributed by atoms with van der Waals surface area (Å²) >= 11 is 0. The molecule has 1 saturated heterocycles. The minimum atomic E-state index is -1.32. The summed E-state index contributed by atoms with van der Waals surface area (Å²) in [5.74, 6) is -2.70. The molecule has 3 aromatic rings. The van der Waals surface area contributed by atoms with Crippen LogP contribution in [-0.4, -0.2) is 70.1 Å². The molecule has 0 spiro atoms. The number of imidazole rings is 1. The van der Waals surface area contributed by atoms with Crippen molar-refractivity contribution in [3.63, 3.8) is 0 Å². The van der Waals surface area contributed by atoms with Crippen LogP contribution in [-0.2, 0) is 4.79 Å². The normalized spacial score (nSPS) is 16.7. The van der Waals surface area contributed by atoms with Gasteiger partial charge in [-0.3, -0.25) is 9.59 Å². The molecule has 0 saturated carbocycles. The van der Waals surface area contributed by atoms with Gasteiger partial charge in [-0.1, -0.05) is 0 Å². The second kappa shape index (κ2) is 10.9. The van der Waals surface area contributed by atoms with Crippen molar-refractivity contribution in [2.45, 2.75) is 31.9 Å². The number of hydrogen-bond donors (Lipinski definition) is 2. The van der Waals surface area contributed by atoms with Crippen LogP contribution >= 0.6 is 0 Å². The molecule has 3 heterocycles. The number of nitrogens with zero attached hydrogens (tertiary/aromatic N) is 3. The first-order valence-corrected chi connectivity index (χ1v) is 12.5. The smallest absolute Gasteiger partial charge is 0.294 e. The highest BCUT2D eigenvalue weighted by Crippen LogP contribution is 2.40. The van der Waals surface area contributed by atoms with Crippen molar-refractivity contribution in [1.29, 1.82) is 0 Å². The molecule has 200 valence electrons. The summed E-state index contributed by atoms with van der Waals surface area (Å²) in [5, 5.41) is 14.0. The van der Waals surface area contributed by atoms with E-state index in [9.17, 15) is 23.5 Å². The molecule has 11 heteroatoms. The highest BCUT2D eigenvalue weighted by Gasteiger charge is 2.33. The first-order valence-electron chi connectivity index (χ1n) is 12.5. The number of ketones is 1. The van der Waals surface area contributed by atoms with Crippen LogP contribution < -0.4 is 14.8 Å². The first-order chi connectivity index (χ1) is 18.3. The number of rotatable bonds is 8. The van der Waals surface area contributed by atoms with E-state index in [-0.39, 0.29) is 42.5 Å². The molecule has 38 heavy (non-hydrogen) atoms. The van der Waals surface area contributed by atoms with Crippen LogP contribution in [0.1, 0.15) is 40.6 Å². The summed E-state index contributed by atoms with van der Waals surface area (Å²) in [6.45, 7) is 3.98. The Morgan fingerprint density at radius 2 is 1.79 bits per heavy atom. The quantitative estimate of drug-likeness (QED) is 0.344. The molecule has 0 radical (unpaired) electrons. The Kier molecular flexibility index (Phi) is 7.39. The van der Waals surface area contributed by atoms with Gasteiger partial charge in [0.25, 0.3) is 11.7 Å². The fraction of sp³-hybridized carbons (Fsp3) is 0.370. The summed E-state index contributed by atoms with van der Waals surface area (Å²) in [4.78, 5) is 32.1. The van der Waals surface area contributed by atoms with E-state index >= 15 is 0 Å². The lowest BCUT2D eigenvalue weighted by Gasteiger charge is -2.30. The lowest BCUT2D eigenvalue weighted by molar-refractivity contribution is -0.118. The van der Waals surface area contributed by atoms with Gasteiger partial charge in [-0.2, -0.15) is 0 Å². The molecule has 0 aliphatic carbocycles. The molecule has 9 nitrogen and oxygen atoms in total. The number of amides is 1. The molecular formula is C27H28F2N4O5. The van der Waals surface area contributed by atoms with E-state index < -0.39 is 35.5 Å². The molecule has 1 fully saturated rings. The molecule has 0 unspecified atom stereocenters. The Morgan fingerprint density at radius 1 is 1.11 bits per heavy atom. The molecule has 0 bridgehead atoms. The number of benzene rings is 2. The highest BCUT2D eigenvalue weighted by molar-refractivity contribution is 6.42. The predicted molar refractivity (Wildman–Crippen MR) is 133 cm³/mol. The van der Waals surface area contributed by atoms with Crippen LogP contribution in [0.4, 0.5) is 8.78 Å². The Hall–Kier alpha value is -3.83. The van der Waals surface area contributed by atoms with Crippen LogP contribution in [0.25, 0.3) is 5.69 Å². The molecule has 2 aliphatic heterocycles. The van der Waals surface area contributed by atoms with E-state index in [1.54, 1.807) is 6.92 Å². The monoisotopic (exact) mass is 526 g/mol. The molecule has 2 N–H and O–H groups in total. The number of carbonyl (C=O) groups excluding carboxylic acids is 2. The van der Waals surface area contributed by atoms with Crippen LogP contribution in [0.2, 0.25) is 0 Å². The Labute approximate surface area is 218 Å². The van der Waals surface area contributed by atoms with Crippen molar-refractivity contribution in [3.8, 4) is 17.2 Å². The molecular weight excluding hydrogens is 498 g/mol. The third-order valence-electron chi connectivity index (χ3n) is 6.87. The number of Topliss-reactive ketones (excluding diaryl/α,β-unsaturated/α-hetero) is 1. The number of halogens is 2. The van der Waals surface area contributed by atoms with Gasteiger partial charge in [0.2, 0.25) is 0 Å². The van der Waals surface area contributed by atoms with Crippen molar-refractivity contribution < 1.29 is 33.0 Å². The number of fused-ring (bicyclic) bond motifs is 1. The molecule has 1 aromatic heterocycles. The number of nitrogens with one attached hydrogen (secondary N) is 1. The molecule has 2 aliphatic rings. The van der Waals surface area contributed by atoms with Gasteiger partial charge in [-0.05, 0) is 68.8 Å². The van der Waals surface area contributed by atoms with E-state index in [2.05, 4.69) is 15.2 Å². The van der Waals surface area contributed by atoms with E-state index in [0.717, 1.165) is 25.9 Å². The van der Waals surface area contributed by atoms with E-state index in [0.29, 0.717) is 11.3 Å². The van der Waals surface area contributed by atoms with Gasteiger partial charge >= 0.3 is 0 Å². The summed E-state index contributed by atoms with van der Waals surface area (Å²) in [6.07, 6.45) is 3.37. The van der Waals surface area contributed by atoms with E-state index in [1.807, 2.05) is 0 Å². The number of hydrogen-bond acceptors (Lipinski definition) is 7. The zero-order valence-electron chi connectivity index (χ0n) is 20.8. The Balaban J connectivity index is 1.37. The van der Waals surface area contributed by atoms with Gasteiger partial charge in [0.1, 0.15) is 37.2 Å². The van der Waals surface area contributed by atoms with Gasteiger partial charge in [0.05, 0.1) is 6.04 Å². The van der Waals surface area contributed by atoms with Crippen molar-refractivity contribution >= 4 is 11.7 Å². The van der Waals surface area contributed by atoms with Gasteiger partial charge in [-0.15, -0.1) is 0 Å². The summed E-state index contributed by atoms with van der Waals surface area (Å²) in [7, 11) is 0. The van der Waals surface area contributed by atoms with Crippen molar-refractivity contribution in [2.24, 2.45) is 0 Å². The zero-order chi connectivity index (χ0) is 26.8. The average Bonchev–Trinajstić information content (AvgIpc) is 3.63. The van der Waals surface area contributed by atoms with Gasteiger partial charge in [0, 0.05) is 24.0 Å². The largest absolute Gasteiger partial charge is 0.486 e. The minimum Gasteiger partial charge on any atom is -0.486 e. The third kappa shape index (κ3) is 5.25. The van der Waals surface area contributed by atoms with Crippen LogP contribution in [0, 0.1) is 18.6 Å². The standard InChI is InChI=1S/C27H28F2N4O5/c1-16-19(12-20(29)26-25(16)37-10-11-38-26)23(34)22(13-32-8-2-3-9-32)31-27(36)24(35)21-14-33(15-30-21)18-6-4-17(28)5-7-18/h4-7,12,14-15,22-23,34H,2-3,8-11,13H2,1H3,(H,31,36)/t22-,23-/m1/s1. The highest BCUT2D eigenvalue weighted by atomic mass is 19.1. The van der Waals surface area contributed by atoms with E-state index in [1.165, 1.54) is 47.4 Å². The second-order valence-corrected chi connectivity index (χ2v) is 9.43. The van der Waals surface area contributed by atoms with Crippen LogP contribution in [0.5, 0.6) is 11.5 Å². The Bertz CT molecular complexity index is 1340. The van der Waals surface area contributed by atoms with E-state index in [4.69, 9.17) is 9.47 Å². The fourth-order valence-electron chi connectivity index (χ4n) is 4.85. The first kappa shape index (κ1) is 25.8. The number of aromatic nitrogens is 2. The topological polar surface area (TPSA) is 106 Å². The maximum atomic E-state index is 14.8. The predicted octanol–water partition coefficient (Wildman–Crippen LogP) is 2.73. The van der Waals surface area contributed by atoms with Crippen molar-refractivity contribution in [3.05, 3.63) is 71.3 Å². The lowest BCUT2D eigenvalue weighted by atomic mass is 9.95. The Morgan fingerprint density at radius 3 is 2.50 bits per heavy atom. The second-order valence-electron chi connectivity index (χ2n) is 9.43. The molecule has 2 aromatic carbocycles. The average molecular weight is 527 g/mol. The summed E-state index contributed by atoms with van der Waals surface area (Å²) in [6, 6.07) is 5.85. The minimum absolute atomic E-state index is 0.00301. The van der Waals surface area contributed by atoms with Gasteiger partial charge in [0.15, 0.2) is 17.3 Å². The number of aliphatic hydroxyl groups is 1. The summed E-state index contributed by atoms with van der Waals surface area (Å²) in [5.41, 5.74) is 1.20.